The number of carbonyl (C=O) groups is 1. The van der Waals surface area contributed by atoms with Crippen LogP contribution in [0.5, 0.6) is 0 Å². The molecule has 110 valence electrons. The van der Waals surface area contributed by atoms with Crippen LogP contribution in [-0.2, 0) is 0 Å². The minimum Gasteiger partial charge on any atom is -0.382 e. The summed E-state index contributed by atoms with van der Waals surface area (Å²) in [5.41, 5.74) is 2.10. The molecule has 2 rings (SSSR count). The SMILES string of the molecule is CC(C)Nc1ccccc1C(=O)N1CCC(C)(C)CC1. The number of likely N-dealkylation sites (tertiary alicyclic amines) is 1. The number of nitrogens with zero attached hydrogens (tertiary/aromatic N) is 1. The number of carbonyl (C=O) groups excluding carboxylic acids is 1. The topological polar surface area (TPSA) is 32.3 Å². The van der Waals surface area contributed by atoms with Gasteiger partial charge in [-0.05, 0) is 44.2 Å². The molecule has 0 atom stereocenters. The fraction of sp³-hybridized carbons (Fsp3) is 0.588. The van der Waals surface area contributed by atoms with Gasteiger partial charge in [0, 0.05) is 24.8 Å². The standard InChI is InChI=1S/C17H26N2O/c1-13(2)18-15-8-6-5-7-14(15)16(20)19-11-9-17(3,4)10-12-19/h5-8,13,18H,9-12H2,1-4H3. The second-order valence-electron chi connectivity index (χ2n) is 6.80. The molecule has 0 bridgehead atoms. The summed E-state index contributed by atoms with van der Waals surface area (Å²) >= 11 is 0. The molecule has 0 aliphatic carbocycles. The molecule has 0 radical (unpaired) electrons. The maximum Gasteiger partial charge on any atom is 0.255 e. The van der Waals surface area contributed by atoms with Crippen LogP contribution in [0, 0.1) is 5.41 Å². The molecule has 0 aromatic heterocycles. The van der Waals surface area contributed by atoms with Crippen LogP contribution in [0.4, 0.5) is 5.69 Å². The summed E-state index contributed by atoms with van der Waals surface area (Å²) in [5.74, 6) is 0.157. The predicted octanol–water partition coefficient (Wildman–Crippen LogP) is 3.77. The van der Waals surface area contributed by atoms with E-state index in [1.807, 2.05) is 29.2 Å². The minimum absolute atomic E-state index is 0.157. The van der Waals surface area contributed by atoms with Gasteiger partial charge in [0.05, 0.1) is 5.56 Å². The highest BCUT2D eigenvalue weighted by molar-refractivity contribution is 5.99. The third-order valence-corrected chi connectivity index (χ3v) is 4.01. The molecule has 1 N–H and O–H groups in total. The number of rotatable bonds is 3. The van der Waals surface area contributed by atoms with Gasteiger partial charge in [0.1, 0.15) is 0 Å². The number of piperidine rings is 1. The Balaban J connectivity index is 2.13. The average molecular weight is 274 g/mol. The van der Waals surface area contributed by atoms with Gasteiger partial charge in [-0.3, -0.25) is 4.79 Å². The van der Waals surface area contributed by atoms with Crippen LogP contribution in [0.1, 0.15) is 50.9 Å². The van der Waals surface area contributed by atoms with Crippen molar-refractivity contribution in [2.75, 3.05) is 18.4 Å². The van der Waals surface area contributed by atoms with Gasteiger partial charge in [0.15, 0.2) is 0 Å². The smallest absolute Gasteiger partial charge is 0.255 e. The van der Waals surface area contributed by atoms with Crippen molar-refractivity contribution in [1.82, 2.24) is 4.90 Å². The molecule has 1 aliphatic rings. The summed E-state index contributed by atoms with van der Waals surface area (Å²) in [5, 5.41) is 3.36. The molecule has 1 heterocycles. The van der Waals surface area contributed by atoms with E-state index in [0.717, 1.165) is 37.2 Å². The van der Waals surface area contributed by atoms with Crippen LogP contribution in [-0.4, -0.2) is 29.9 Å². The van der Waals surface area contributed by atoms with Gasteiger partial charge in [-0.25, -0.2) is 0 Å². The van der Waals surface area contributed by atoms with Gasteiger partial charge in [-0.1, -0.05) is 26.0 Å². The highest BCUT2D eigenvalue weighted by atomic mass is 16.2. The maximum absolute atomic E-state index is 12.7. The molecular formula is C17H26N2O. The van der Waals surface area contributed by atoms with Gasteiger partial charge in [-0.15, -0.1) is 0 Å². The highest BCUT2D eigenvalue weighted by Gasteiger charge is 2.29. The number of benzene rings is 1. The summed E-state index contributed by atoms with van der Waals surface area (Å²) in [6.07, 6.45) is 2.16. The lowest BCUT2D eigenvalue weighted by atomic mass is 9.82. The monoisotopic (exact) mass is 274 g/mol. The first-order valence-corrected chi connectivity index (χ1v) is 7.54. The lowest BCUT2D eigenvalue weighted by Crippen LogP contribution is -2.41. The quantitative estimate of drug-likeness (QED) is 0.910. The maximum atomic E-state index is 12.7. The van der Waals surface area contributed by atoms with E-state index >= 15 is 0 Å². The molecular weight excluding hydrogens is 248 g/mol. The molecule has 1 aromatic rings. The summed E-state index contributed by atoms with van der Waals surface area (Å²) in [6, 6.07) is 8.14. The van der Waals surface area contributed by atoms with E-state index in [4.69, 9.17) is 0 Å². The van der Waals surface area contributed by atoms with E-state index in [-0.39, 0.29) is 5.91 Å². The van der Waals surface area contributed by atoms with E-state index in [2.05, 4.69) is 33.0 Å². The van der Waals surface area contributed by atoms with Crippen LogP contribution in [0.3, 0.4) is 0 Å². The predicted molar refractivity (Wildman–Crippen MR) is 84.1 cm³/mol. The lowest BCUT2D eigenvalue weighted by Gasteiger charge is -2.37. The fourth-order valence-electron chi connectivity index (χ4n) is 2.59. The van der Waals surface area contributed by atoms with Crippen LogP contribution < -0.4 is 5.32 Å². The Labute approximate surface area is 122 Å². The van der Waals surface area contributed by atoms with Crippen LogP contribution in [0.15, 0.2) is 24.3 Å². The zero-order chi connectivity index (χ0) is 14.8. The highest BCUT2D eigenvalue weighted by Crippen LogP contribution is 2.31. The molecule has 0 unspecified atom stereocenters. The first-order chi connectivity index (χ1) is 9.39. The summed E-state index contributed by atoms with van der Waals surface area (Å²) in [7, 11) is 0. The number of amides is 1. The fourth-order valence-corrected chi connectivity index (χ4v) is 2.59. The number of anilines is 1. The molecule has 1 fully saturated rings. The number of nitrogens with one attached hydrogen (secondary N) is 1. The van der Waals surface area contributed by atoms with Gasteiger partial charge < -0.3 is 10.2 Å². The van der Waals surface area contributed by atoms with Crippen molar-refractivity contribution in [3.05, 3.63) is 29.8 Å². The second kappa shape index (κ2) is 5.86. The van der Waals surface area contributed by atoms with E-state index < -0.39 is 0 Å². The van der Waals surface area contributed by atoms with Crippen molar-refractivity contribution in [1.29, 1.82) is 0 Å². The first kappa shape index (κ1) is 14.9. The Morgan fingerprint density at radius 2 is 1.80 bits per heavy atom. The second-order valence-corrected chi connectivity index (χ2v) is 6.80. The van der Waals surface area contributed by atoms with Gasteiger partial charge >= 0.3 is 0 Å². The summed E-state index contributed by atoms with van der Waals surface area (Å²) in [4.78, 5) is 14.7. The number of para-hydroxylation sites is 1. The Kier molecular flexibility index (Phi) is 4.36. The lowest BCUT2D eigenvalue weighted by molar-refractivity contribution is 0.0631. The van der Waals surface area contributed by atoms with Crippen molar-refractivity contribution in [2.45, 2.75) is 46.6 Å². The molecule has 3 nitrogen and oxygen atoms in total. The van der Waals surface area contributed by atoms with Crippen molar-refractivity contribution < 1.29 is 4.79 Å². The zero-order valence-corrected chi connectivity index (χ0v) is 13.1. The largest absolute Gasteiger partial charge is 0.382 e. The average Bonchev–Trinajstić information content (AvgIpc) is 2.38. The normalized spacial score (nSPS) is 18.1. The van der Waals surface area contributed by atoms with Crippen LogP contribution in [0.25, 0.3) is 0 Å². The Morgan fingerprint density at radius 3 is 2.40 bits per heavy atom. The molecule has 3 heteroatoms. The Morgan fingerprint density at radius 1 is 1.20 bits per heavy atom. The summed E-state index contributed by atoms with van der Waals surface area (Å²) < 4.78 is 0. The molecule has 1 amide bonds. The molecule has 1 aliphatic heterocycles. The summed E-state index contributed by atoms with van der Waals surface area (Å²) in [6.45, 7) is 10.5. The molecule has 1 saturated heterocycles. The molecule has 0 spiro atoms. The van der Waals surface area contributed by atoms with E-state index in [0.29, 0.717) is 11.5 Å². The molecule has 20 heavy (non-hydrogen) atoms. The number of hydrogen-bond acceptors (Lipinski definition) is 2. The zero-order valence-electron chi connectivity index (χ0n) is 13.1. The first-order valence-electron chi connectivity index (χ1n) is 7.54. The van der Waals surface area contributed by atoms with E-state index in [9.17, 15) is 4.79 Å². The van der Waals surface area contributed by atoms with Crippen LogP contribution in [0.2, 0.25) is 0 Å². The van der Waals surface area contributed by atoms with Crippen molar-refractivity contribution in [3.63, 3.8) is 0 Å². The van der Waals surface area contributed by atoms with Gasteiger partial charge in [0.25, 0.3) is 5.91 Å². The molecule has 1 aromatic carbocycles. The van der Waals surface area contributed by atoms with Crippen molar-refractivity contribution in [3.8, 4) is 0 Å². The molecule has 0 saturated carbocycles. The van der Waals surface area contributed by atoms with Gasteiger partial charge in [-0.2, -0.15) is 0 Å². The Bertz CT molecular complexity index is 470. The van der Waals surface area contributed by atoms with Gasteiger partial charge in [0.2, 0.25) is 0 Å². The third-order valence-electron chi connectivity index (χ3n) is 4.01. The van der Waals surface area contributed by atoms with Crippen molar-refractivity contribution in [2.24, 2.45) is 5.41 Å². The Hall–Kier alpha value is -1.51. The number of hydrogen-bond donors (Lipinski definition) is 1. The minimum atomic E-state index is 0.157. The van der Waals surface area contributed by atoms with E-state index in [1.165, 1.54) is 0 Å². The van der Waals surface area contributed by atoms with E-state index in [1.54, 1.807) is 0 Å². The third kappa shape index (κ3) is 3.53. The van der Waals surface area contributed by atoms with Crippen LogP contribution >= 0.6 is 0 Å². The van der Waals surface area contributed by atoms with Crippen molar-refractivity contribution >= 4 is 11.6 Å².